The molecule has 1 fully saturated rings. The summed E-state index contributed by atoms with van der Waals surface area (Å²) in [6, 6.07) is 7.46. The third-order valence-electron chi connectivity index (χ3n) is 6.28. The molecule has 31 heavy (non-hydrogen) atoms. The van der Waals surface area contributed by atoms with Crippen LogP contribution in [0.5, 0.6) is 0 Å². The summed E-state index contributed by atoms with van der Waals surface area (Å²) < 4.78 is 14.9. The largest absolute Gasteiger partial charge is 0.387 e. The topological polar surface area (TPSA) is 69.0 Å². The molecule has 0 saturated carbocycles. The van der Waals surface area contributed by atoms with Gasteiger partial charge in [0.2, 0.25) is 0 Å². The number of aromatic nitrogens is 1. The summed E-state index contributed by atoms with van der Waals surface area (Å²) in [6.07, 6.45) is 2.59. The number of benzene rings is 1. The summed E-state index contributed by atoms with van der Waals surface area (Å²) in [7, 11) is 1.85. The first kappa shape index (κ1) is 21.5. The average molecular weight is 429 g/mol. The number of hydrogen-bond donors (Lipinski definition) is 1. The van der Waals surface area contributed by atoms with Crippen molar-refractivity contribution in [2.45, 2.75) is 18.9 Å². The molecule has 8 heteroatoms. The van der Waals surface area contributed by atoms with E-state index in [1.807, 2.05) is 22.7 Å². The number of carbonyl (C=O) groups is 2. The molecule has 1 saturated heterocycles. The first-order valence-corrected chi connectivity index (χ1v) is 10.8. The van der Waals surface area contributed by atoms with Gasteiger partial charge in [0.1, 0.15) is 5.82 Å². The molecule has 1 atom stereocenters. The number of aliphatic hydroxyl groups is 1. The molecule has 7 nitrogen and oxygen atoms in total. The number of amides is 2. The third kappa shape index (κ3) is 4.65. The molecule has 166 valence electrons. The fourth-order valence-electron chi connectivity index (χ4n) is 4.47. The number of nitrogens with zero attached hydrogens (tertiary/aromatic N) is 4. The van der Waals surface area contributed by atoms with Gasteiger partial charge in [0.25, 0.3) is 11.8 Å². The van der Waals surface area contributed by atoms with Crippen LogP contribution in [0.25, 0.3) is 0 Å². The zero-order chi connectivity index (χ0) is 22.0. The van der Waals surface area contributed by atoms with Crippen LogP contribution in [0.15, 0.2) is 36.5 Å². The standard InChI is InChI=1S/C23H29FN4O3/c1-25-11-7-19-21(25)20(29)8-12-27(23(19)31)10-2-9-26-13-15-28(16-14-26)22(30)17-3-5-18(24)6-4-17/h3-7,11,20,29H,2,8-10,12-16H2,1H3. The second-order valence-corrected chi connectivity index (χ2v) is 8.32. The normalized spacial score (nSPS) is 20.0. The maximum absolute atomic E-state index is 13.1. The number of aryl methyl sites for hydroxylation is 1. The lowest BCUT2D eigenvalue weighted by molar-refractivity contribution is 0.0617. The Kier molecular flexibility index (Phi) is 6.38. The number of fused-ring (bicyclic) bond motifs is 1. The molecule has 0 radical (unpaired) electrons. The predicted octanol–water partition coefficient (Wildman–Crippen LogP) is 1.89. The molecule has 0 aliphatic carbocycles. The lowest BCUT2D eigenvalue weighted by atomic mass is 10.1. The second-order valence-electron chi connectivity index (χ2n) is 8.32. The van der Waals surface area contributed by atoms with Crippen molar-refractivity contribution < 1.29 is 19.1 Å². The van der Waals surface area contributed by atoms with Crippen LogP contribution < -0.4 is 0 Å². The number of rotatable bonds is 5. The highest BCUT2D eigenvalue weighted by molar-refractivity contribution is 5.96. The van der Waals surface area contributed by atoms with E-state index < -0.39 is 6.10 Å². The van der Waals surface area contributed by atoms with Gasteiger partial charge in [-0.1, -0.05) is 0 Å². The van der Waals surface area contributed by atoms with Crippen molar-refractivity contribution in [2.75, 3.05) is 45.8 Å². The highest BCUT2D eigenvalue weighted by Gasteiger charge is 2.29. The summed E-state index contributed by atoms with van der Waals surface area (Å²) in [6.45, 7) is 4.89. The molecule has 0 bridgehead atoms. The van der Waals surface area contributed by atoms with E-state index in [4.69, 9.17) is 0 Å². The Bertz CT molecular complexity index is 935. The highest BCUT2D eigenvalue weighted by atomic mass is 19.1. The average Bonchev–Trinajstić information content (AvgIpc) is 3.12. The van der Waals surface area contributed by atoms with Crippen molar-refractivity contribution in [1.82, 2.24) is 19.3 Å². The molecule has 1 aromatic carbocycles. The van der Waals surface area contributed by atoms with Crippen LogP contribution in [0.3, 0.4) is 0 Å². The Morgan fingerprint density at radius 3 is 2.48 bits per heavy atom. The van der Waals surface area contributed by atoms with Gasteiger partial charge in [0.05, 0.1) is 17.4 Å². The summed E-state index contributed by atoms with van der Waals surface area (Å²) >= 11 is 0. The zero-order valence-corrected chi connectivity index (χ0v) is 17.8. The van der Waals surface area contributed by atoms with Crippen molar-refractivity contribution in [1.29, 1.82) is 0 Å². The van der Waals surface area contributed by atoms with Crippen LogP contribution >= 0.6 is 0 Å². The van der Waals surface area contributed by atoms with Crippen molar-refractivity contribution >= 4 is 11.8 Å². The molecule has 0 spiro atoms. The monoisotopic (exact) mass is 428 g/mol. The van der Waals surface area contributed by atoms with Gasteiger partial charge in [-0.05, 0) is 49.7 Å². The predicted molar refractivity (Wildman–Crippen MR) is 114 cm³/mol. The van der Waals surface area contributed by atoms with E-state index in [2.05, 4.69) is 4.90 Å². The molecule has 1 aromatic heterocycles. The van der Waals surface area contributed by atoms with Gasteiger partial charge < -0.3 is 19.5 Å². The Hall–Kier alpha value is -2.71. The van der Waals surface area contributed by atoms with E-state index in [-0.39, 0.29) is 17.6 Å². The van der Waals surface area contributed by atoms with E-state index in [1.54, 1.807) is 11.0 Å². The van der Waals surface area contributed by atoms with Crippen LogP contribution in [0.4, 0.5) is 4.39 Å². The lowest BCUT2D eigenvalue weighted by Gasteiger charge is -2.35. The maximum Gasteiger partial charge on any atom is 0.255 e. The van der Waals surface area contributed by atoms with E-state index in [9.17, 15) is 19.1 Å². The van der Waals surface area contributed by atoms with Gasteiger partial charge in [-0.15, -0.1) is 0 Å². The molecule has 2 aliphatic heterocycles. The minimum absolute atomic E-state index is 0.0122. The first-order chi connectivity index (χ1) is 14.9. The van der Waals surface area contributed by atoms with E-state index >= 15 is 0 Å². The van der Waals surface area contributed by atoms with Crippen LogP contribution in [-0.4, -0.2) is 82.0 Å². The number of aliphatic hydroxyl groups excluding tert-OH is 1. The van der Waals surface area contributed by atoms with Crippen LogP contribution in [-0.2, 0) is 7.05 Å². The molecule has 4 rings (SSSR count). The van der Waals surface area contributed by atoms with Crippen molar-refractivity contribution in [3.63, 3.8) is 0 Å². The fourth-order valence-corrected chi connectivity index (χ4v) is 4.47. The van der Waals surface area contributed by atoms with Gasteiger partial charge in [-0.2, -0.15) is 0 Å². The third-order valence-corrected chi connectivity index (χ3v) is 6.28. The van der Waals surface area contributed by atoms with E-state index in [1.165, 1.54) is 24.3 Å². The molecule has 1 N–H and O–H groups in total. The summed E-state index contributed by atoms with van der Waals surface area (Å²) in [5, 5.41) is 10.4. The zero-order valence-electron chi connectivity index (χ0n) is 17.8. The Morgan fingerprint density at radius 1 is 1.06 bits per heavy atom. The van der Waals surface area contributed by atoms with E-state index in [0.717, 1.165) is 26.1 Å². The molecule has 2 aromatic rings. The Labute approximate surface area is 181 Å². The van der Waals surface area contributed by atoms with Crippen LogP contribution in [0, 0.1) is 5.82 Å². The molecule has 2 aliphatic rings. The minimum atomic E-state index is -0.615. The minimum Gasteiger partial charge on any atom is -0.387 e. The summed E-state index contributed by atoms with van der Waals surface area (Å²) in [5.74, 6) is -0.420. The Balaban J connectivity index is 1.24. The molecule has 3 heterocycles. The Morgan fingerprint density at radius 2 is 1.77 bits per heavy atom. The SMILES string of the molecule is Cn1ccc2c1C(O)CCN(CCCN1CCN(C(=O)c3ccc(F)cc3)CC1)C2=O. The first-order valence-electron chi connectivity index (χ1n) is 10.8. The quantitative estimate of drug-likeness (QED) is 0.790. The fraction of sp³-hybridized carbons (Fsp3) is 0.478. The second kappa shape index (κ2) is 9.20. The molecule has 1 unspecified atom stereocenters. The van der Waals surface area contributed by atoms with Crippen molar-refractivity contribution in [2.24, 2.45) is 7.05 Å². The lowest BCUT2D eigenvalue weighted by Crippen LogP contribution is -2.49. The summed E-state index contributed by atoms with van der Waals surface area (Å²) in [4.78, 5) is 31.4. The van der Waals surface area contributed by atoms with Gasteiger partial charge in [0.15, 0.2) is 0 Å². The van der Waals surface area contributed by atoms with E-state index in [0.29, 0.717) is 49.4 Å². The van der Waals surface area contributed by atoms with Crippen molar-refractivity contribution in [3.05, 3.63) is 59.2 Å². The smallest absolute Gasteiger partial charge is 0.255 e. The molecule has 2 amide bonds. The van der Waals surface area contributed by atoms with Gasteiger partial charge in [0, 0.05) is 58.1 Å². The van der Waals surface area contributed by atoms with Crippen molar-refractivity contribution in [3.8, 4) is 0 Å². The number of piperazine rings is 1. The number of carbonyl (C=O) groups excluding carboxylic acids is 2. The van der Waals surface area contributed by atoms with Gasteiger partial charge in [-0.25, -0.2) is 4.39 Å². The number of hydrogen-bond acceptors (Lipinski definition) is 4. The van der Waals surface area contributed by atoms with Crippen LogP contribution in [0.2, 0.25) is 0 Å². The molecular formula is C23H29FN4O3. The maximum atomic E-state index is 13.1. The highest BCUT2D eigenvalue weighted by Crippen LogP contribution is 2.27. The molecular weight excluding hydrogens is 399 g/mol. The van der Waals surface area contributed by atoms with Crippen LogP contribution in [0.1, 0.15) is 45.4 Å². The van der Waals surface area contributed by atoms with Gasteiger partial charge in [-0.3, -0.25) is 14.5 Å². The number of halogens is 1. The van der Waals surface area contributed by atoms with Gasteiger partial charge >= 0.3 is 0 Å². The summed E-state index contributed by atoms with van der Waals surface area (Å²) in [5.41, 5.74) is 1.81.